The van der Waals surface area contributed by atoms with Crippen molar-refractivity contribution in [3.8, 4) is 0 Å². The summed E-state index contributed by atoms with van der Waals surface area (Å²) in [5.41, 5.74) is 6.99. The highest BCUT2D eigenvalue weighted by Gasteiger charge is 2.54. The molecule has 2 aromatic rings. The van der Waals surface area contributed by atoms with E-state index < -0.39 is 29.6 Å². The van der Waals surface area contributed by atoms with Crippen molar-refractivity contribution in [3.63, 3.8) is 0 Å². The molecule has 1 unspecified atom stereocenters. The Hall–Kier alpha value is -2.41. The minimum atomic E-state index is -1.89. The lowest BCUT2D eigenvalue weighted by molar-refractivity contribution is -0.191. The van der Waals surface area contributed by atoms with Crippen LogP contribution in [0.2, 0.25) is 0 Å². The summed E-state index contributed by atoms with van der Waals surface area (Å²) in [4.78, 5) is 22.9. The number of ether oxygens (including phenoxy) is 2. The van der Waals surface area contributed by atoms with Gasteiger partial charge in [-0.05, 0) is 31.0 Å². The second-order valence-electron chi connectivity index (χ2n) is 5.18. The molecule has 3 rings (SSSR count). The molecule has 1 aromatic heterocycles. The second kappa shape index (κ2) is 4.81. The molecule has 116 valence electrons. The number of cyclic esters (lactones) is 2. The first-order valence-corrected chi connectivity index (χ1v) is 6.81. The Morgan fingerprint density at radius 2 is 1.91 bits per heavy atom. The van der Waals surface area contributed by atoms with E-state index in [1.54, 1.807) is 0 Å². The van der Waals surface area contributed by atoms with Crippen molar-refractivity contribution in [2.75, 3.05) is 0 Å². The third-order valence-corrected chi connectivity index (χ3v) is 3.73. The van der Waals surface area contributed by atoms with Crippen LogP contribution in [0.5, 0.6) is 0 Å². The highest BCUT2D eigenvalue weighted by Crippen LogP contribution is 2.40. The van der Waals surface area contributed by atoms with Gasteiger partial charge in [0.15, 0.2) is 0 Å². The zero-order valence-corrected chi connectivity index (χ0v) is 12.0. The number of benzene rings is 1. The molecule has 7 heteroatoms. The molecule has 0 aliphatic carbocycles. The molecule has 2 N–H and O–H groups in total. The number of hydrogen-bond donors (Lipinski definition) is 1. The topological polar surface area (TPSA) is 91.8 Å². The van der Waals surface area contributed by atoms with Crippen LogP contribution in [0.4, 0.5) is 4.39 Å². The third-order valence-electron chi connectivity index (χ3n) is 3.73. The van der Waals surface area contributed by atoms with E-state index in [0.717, 1.165) is 11.6 Å². The van der Waals surface area contributed by atoms with Gasteiger partial charge in [-0.15, -0.1) is 0 Å². The standard InChI is InChI=1S/C15H14FNO5/c1-3-8-6-20-12-10(8)4-9(16)5-11(12)15(7(2)17)21-13(18)14(19)22-15/h4-7H,3,17H2,1-2H3. The second-order valence-corrected chi connectivity index (χ2v) is 5.18. The summed E-state index contributed by atoms with van der Waals surface area (Å²) in [5, 5.41) is 0.525. The lowest BCUT2D eigenvalue weighted by Crippen LogP contribution is -2.45. The predicted molar refractivity (Wildman–Crippen MR) is 73.1 cm³/mol. The van der Waals surface area contributed by atoms with Crippen LogP contribution < -0.4 is 5.73 Å². The molecule has 0 radical (unpaired) electrons. The summed E-state index contributed by atoms with van der Waals surface area (Å²) in [6.07, 6.45) is 2.11. The van der Waals surface area contributed by atoms with Gasteiger partial charge in [-0.25, -0.2) is 14.0 Å². The number of carbonyl (C=O) groups is 2. The number of carbonyl (C=O) groups excluding carboxylic acids is 2. The molecule has 1 aliphatic heterocycles. The molecular weight excluding hydrogens is 293 g/mol. The van der Waals surface area contributed by atoms with Gasteiger partial charge in [-0.2, -0.15) is 0 Å². The normalized spacial score (nSPS) is 18.4. The van der Waals surface area contributed by atoms with E-state index in [0.29, 0.717) is 11.8 Å². The summed E-state index contributed by atoms with van der Waals surface area (Å²) in [5.74, 6) is -4.80. The molecule has 6 nitrogen and oxygen atoms in total. The van der Waals surface area contributed by atoms with Gasteiger partial charge < -0.3 is 19.6 Å². The van der Waals surface area contributed by atoms with E-state index in [4.69, 9.17) is 19.6 Å². The predicted octanol–water partition coefficient (Wildman–Crippen LogP) is 1.73. The van der Waals surface area contributed by atoms with Gasteiger partial charge in [-0.3, -0.25) is 0 Å². The lowest BCUT2D eigenvalue weighted by Gasteiger charge is -2.29. The van der Waals surface area contributed by atoms with Crippen molar-refractivity contribution in [1.29, 1.82) is 0 Å². The van der Waals surface area contributed by atoms with E-state index in [2.05, 4.69) is 0 Å². The SMILES string of the molecule is CCc1coc2c(C3(C(C)N)OC(=O)C(=O)O3)cc(F)cc12. The third kappa shape index (κ3) is 1.89. The Kier molecular flexibility index (Phi) is 3.17. The fourth-order valence-electron chi connectivity index (χ4n) is 2.61. The number of halogens is 1. The monoisotopic (exact) mass is 307 g/mol. The summed E-state index contributed by atoms with van der Waals surface area (Å²) in [6, 6.07) is 1.50. The van der Waals surface area contributed by atoms with E-state index in [1.807, 2.05) is 6.92 Å². The number of rotatable bonds is 3. The molecule has 0 saturated carbocycles. The Labute approximate surface area is 125 Å². The average molecular weight is 307 g/mol. The number of hydrogen-bond acceptors (Lipinski definition) is 6. The Morgan fingerprint density at radius 3 is 2.45 bits per heavy atom. The minimum Gasteiger partial charge on any atom is -0.463 e. The number of furan rings is 1. The molecule has 2 heterocycles. The molecule has 22 heavy (non-hydrogen) atoms. The van der Waals surface area contributed by atoms with Crippen LogP contribution in [0.1, 0.15) is 25.0 Å². The Balaban J connectivity index is 2.30. The molecule has 1 atom stereocenters. The van der Waals surface area contributed by atoms with Crippen molar-refractivity contribution in [1.82, 2.24) is 0 Å². The van der Waals surface area contributed by atoms with Crippen LogP contribution in [-0.4, -0.2) is 18.0 Å². The fourth-order valence-corrected chi connectivity index (χ4v) is 2.61. The zero-order valence-electron chi connectivity index (χ0n) is 12.0. The average Bonchev–Trinajstić information content (AvgIpc) is 3.00. The molecule has 0 spiro atoms. The van der Waals surface area contributed by atoms with E-state index >= 15 is 0 Å². The largest absolute Gasteiger partial charge is 0.463 e. The van der Waals surface area contributed by atoms with Crippen LogP contribution in [0.3, 0.4) is 0 Å². The number of aryl methyl sites for hydroxylation is 1. The van der Waals surface area contributed by atoms with Gasteiger partial charge in [0.1, 0.15) is 11.4 Å². The quantitative estimate of drug-likeness (QED) is 0.686. The van der Waals surface area contributed by atoms with Crippen LogP contribution in [0, 0.1) is 5.82 Å². The van der Waals surface area contributed by atoms with Crippen LogP contribution in [0.25, 0.3) is 11.0 Å². The Morgan fingerprint density at radius 1 is 1.27 bits per heavy atom. The van der Waals surface area contributed by atoms with Gasteiger partial charge >= 0.3 is 17.7 Å². The summed E-state index contributed by atoms with van der Waals surface area (Å²) >= 11 is 0. The first kappa shape index (κ1) is 14.5. The summed E-state index contributed by atoms with van der Waals surface area (Å²) < 4.78 is 29.6. The van der Waals surface area contributed by atoms with Crippen molar-refractivity contribution >= 4 is 22.9 Å². The van der Waals surface area contributed by atoms with Crippen LogP contribution >= 0.6 is 0 Å². The van der Waals surface area contributed by atoms with Gasteiger partial charge in [0.25, 0.3) is 0 Å². The van der Waals surface area contributed by atoms with Crippen molar-refractivity contribution in [2.45, 2.75) is 32.1 Å². The maximum absolute atomic E-state index is 14.0. The van der Waals surface area contributed by atoms with Gasteiger partial charge in [0.05, 0.1) is 17.9 Å². The molecule has 0 bridgehead atoms. The van der Waals surface area contributed by atoms with Crippen molar-refractivity contribution in [2.24, 2.45) is 5.73 Å². The van der Waals surface area contributed by atoms with Crippen LogP contribution in [-0.2, 0) is 31.3 Å². The molecular formula is C15H14FNO5. The molecule has 1 aromatic carbocycles. The summed E-state index contributed by atoms with van der Waals surface area (Å²) in [6.45, 7) is 3.39. The number of esters is 2. The van der Waals surface area contributed by atoms with Crippen LogP contribution in [0.15, 0.2) is 22.8 Å². The Bertz CT molecular complexity index is 764. The molecule has 1 saturated heterocycles. The van der Waals surface area contributed by atoms with E-state index in [9.17, 15) is 14.0 Å². The number of nitrogens with two attached hydrogens (primary N) is 1. The zero-order chi connectivity index (χ0) is 16.1. The summed E-state index contributed by atoms with van der Waals surface area (Å²) in [7, 11) is 0. The smallest absolute Gasteiger partial charge is 0.421 e. The van der Waals surface area contributed by atoms with Gasteiger partial charge in [-0.1, -0.05) is 6.92 Å². The maximum atomic E-state index is 14.0. The first-order chi connectivity index (χ1) is 10.4. The van der Waals surface area contributed by atoms with E-state index in [-0.39, 0.29) is 11.1 Å². The fraction of sp³-hybridized carbons (Fsp3) is 0.333. The van der Waals surface area contributed by atoms with Crippen molar-refractivity contribution in [3.05, 3.63) is 35.3 Å². The lowest BCUT2D eigenvalue weighted by atomic mass is 9.96. The highest BCUT2D eigenvalue weighted by molar-refractivity contribution is 6.31. The molecule has 0 amide bonds. The minimum absolute atomic E-state index is 0.0800. The first-order valence-electron chi connectivity index (χ1n) is 6.81. The number of fused-ring (bicyclic) bond motifs is 1. The van der Waals surface area contributed by atoms with E-state index in [1.165, 1.54) is 19.3 Å². The molecule has 1 aliphatic rings. The van der Waals surface area contributed by atoms with Gasteiger partial charge in [0, 0.05) is 5.39 Å². The highest BCUT2D eigenvalue weighted by atomic mass is 19.1. The molecule has 1 fully saturated rings. The van der Waals surface area contributed by atoms with Crippen molar-refractivity contribution < 1.29 is 27.9 Å². The maximum Gasteiger partial charge on any atom is 0.421 e. The van der Waals surface area contributed by atoms with Gasteiger partial charge in [0.2, 0.25) is 0 Å².